The molecule has 0 aliphatic carbocycles. The molecule has 0 fully saturated rings. The minimum absolute atomic E-state index is 0.00157. The first-order chi connectivity index (χ1) is 7.77. The molecule has 0 saturated carbocycles. The molecule has 0 spiro atoms. The lowest BCUT2D eigenvalue weighted by atomic mass is 10.3. The van der Waals surface area contributed by atoms with E-state index in [-0.39, 0.29) is 5.91 Å². The number of para-hydroxylation sites is 1. The quantitative estimate of drug-likeness (QED) is 0.784. The van der Waals surface area contributed by atoms with Crippen molar-refractivity contribution in [3.8, 4) is 0 Å². The standard InChI is InChI=1S/C12H13N3O/c1-11(16)15(10-14-9-5-8-13-14)12-6-3-2-4-7-12/h2-9H,10H2,1H3. The van der Waals surface area contributed by atoms with Gasteiger partial charge < -0.3 is 0 Å². The number of carbonyl (C=O) groups is 1. The molecule has 0 unspecified atom stereocenters. The molecule has 82 valence electrons. The minimum Gasteiger partial charge on any atom is -0.293 e. The molecular formula is C12H13N3O. The molecule has 0 N–H and O–H groups in total. The van der Waals surface area contributed by atoms with E-state index in [1.165, 1.54) is 0 Å². The maximum absolute atomic E-state index is 11.6. The lowest BCUT2D eigenvalue weighted by molar-refractivity contribution is -0.117. The van der Waals surface area contributed by atoms with Crippen LogP contribution in [0.25, 0.3) is 0 Å². The molecule has 4 heteroatoms. The fourth-order valence-electron chi connectivity index (χ4n) is 1.50. The van der Waals surface area contributed by atoms with Crippen LogP contribution in [0.15, 0.2) is 48.8 Å². The molecule has 0 saturated heterocycles. The zero-order valence-corrected chi connectivity index (χ0v) is 9.08. The summed E-state index contributed by atoms with van der Waals surface area (Å²) in [5, 5.41) is 4.09. The number of amides is 1. The van der Waals surface area contributed by atoms with E-state index < -0.39 is 0 Å². The molecule has 1 amide bonds. The summed E-state index contributed by atoms with van der Waals surface area (Å²) in [7, 11) is 0. The number of benzene rings is 1. The third-order valence-corrected chi connectivity index (χ3v) is 2.29. The number of hydrogen-bond donors (Lipinski definition) is 0. The number of rotatable bonds is 3. The van der Waals surface area contributed by atoms with Crippen molar-refractivity contribution in [3.05, 3.63) is 48.8 Å². The molecule has 0 atom stereocenters. The largest absolute Gasteiger partial charge is 0.293 e. The number of aromatic nitrogens is 2. The van der Waals surface area contributed by atoms with Crippen molar-refractivity contribution in [3.63, 3.8) is 0 Å². The van der Waals surface area contributed by atoms with E-state index in [0.717, 1.165) is 5.69 Å². The third kappa shape index (κ3) is 2.28. The van der Waals surface area contributed by atoms with Gasteiger partial charge >= 0.3 is 0 Å². The highest BCUT2D eigenvalue weighted by atomic mass is 16.2. The fraction of sp³-hybridized carbons (Fsp3) is 0.167. The normalized spacial score (nSPS) is 10.1. The third-order valence-electron chi connectivity index (χ3n) is 2.29. The lowest BCUT2D eigenvalue weighted by Crippen LogP contribution is -2.30. The summed E-state index contributed by atoms with van der Waals surface area (Å²) in [4.78, 5) is 13.2. The van der Waals surface area contributed by atoms with Crippen LogP contribution in [0.1, 0.15) is 6.92 Å². The van der Waals surface area contributed by atoms with Gasteiger partial charge in [-0.25, -0.2) is 0 Å². The van der Waals surface area contributed by atoms with Gasteiger partial charge in [-0.1, -0.05) is 18.2 Å². The van der Waals surface area contributed by atoms with Gasteiger partial charge in [-0.05, 0) is 18.2 Å². The Balaban J connectivity index is 2.22. The Kier molecular flexibility index (Phi) is 3.00. The van der Waals surface area contributed by atoms with E-state index in [0.29, 0.717) is 6.67 Å². The van der Waals surface area contributed by atoms with Crippen molar-refractivity contribution in [1.82, 2.24) is 9.78 Å². The van der Waals surface area contributed by atoms with Crippen LogP contribution in [0.4, 0.5) is 5.69 Å². The molecule has 2 aromatic rings. The highest BCUT2D eigenvalue weighted by Gasteiger charge is 2.10. The summed E-state index contributed by atoms with van der Waals surface area (Å²) in [6, 6.07) is 11.4. The minimum atomic E-state index is 0.00157. The van der Waals surface area contributed by atoms with Crippen LogP contribution in [-0.4, -0.2) is 15.7 Å². The van der Waals surface area contributed by atoms with E-state index in [2.05, 4.69) is 5.10 Å². The molecule has 0 bridgehead atoms. The van der Waals surface area contributed by atoms with Gasteiger partial charge in [0.1, 0.15) is 6.67 Å². The molecule has 1 aromatic heterocycles. The molecule has 0 aliphatic rings. The molecular weight excluding hydrogens is 202 g/mol. The van der Waals surface area contributed by atoms with Gasteiger partial charge in [0.05, 0.1) is 0 Å². The summed E-state index contributed by atoms with van der Waals surface area (Å²) < 4.78 is 1.72. The fourth-order valence-corrected chi connectivity index (χ4v) is 1.50. The Morgan fingerprint density at radius 1 is 1.31 bits per heavy atom. The van der Waals surface area contributed by atoms with Crippen LogP contribution >= 0.6 is 0 Å². The van der Waals surface area contributed by atoms with Crippen molar-refractivity contribution in [2.24, 2.45) is 0 Å². The topological polar surface area (TPSA) is 38.1 Å². The molecule has 0 radical (unpaired) electrons. The monoisotopic (exact) mass is 215 g/mol. The summed E-state index contributed by atoms with van der Waals surface area (Å²) >= 11 is 0. The van der Waals surface area contributed by atoms with Crippen LogP contribution < -0.4 is 4.90 Å². The SMILES string of the molecule is CC(=O)N(Cn1cccn1)c1ccccc1. The Morgan fingerprint density at radius 3 is 2.62 bits per heavy atom. The van der Waals surface area contributed by atoms with Crippen molar-refractivity contribution in [2.45, 2.75) is 13.6 Å². The summed E-state index contributed by atoms with van der Waals surface area (Å²) in [5.74, 6) is 0.00157. The number of anilines is 1. The van der Waals surface area contributed by atoms with Gasteiger partial charge in [0, 0.05) is 25.0 Å². The Labute approximate surface area is 94.1 Å². The number of nitrogens with zero attached hydrogens (tertiary/aromatic N) is 3. The second-order valence-electron chi connectivity index (χ2n) is 3.47. The maximum atomic E-state index is 11.6. The second kappa shape index (κ2) is 4.61. The van der Waals surface area contributed by atoms with Gasteiger partial charge in [0.15, 0.2) is 0 Å². The average Bonchev–Trinajstić information content (AvgIpc) is 2.79. The molecule has 16 heavy (non-hydrogen) atoms. The van der Waals surface area contributed by atoms with Crippen molar-refractivity contribution < 1.29 is 4.79 Å². The van der Waals surface area contributed by atoms with Gasteiger partial charge in [0.25, 0.3) is 0 Å². The van der Waals surface area contributed by atoms with E-state index in [4.69, 9.17) is 0 Å². The van der Waals surface area contributed by atoms with Crippen LogP contribution in [0, 0.1) is 0 Å². The van der Waals surface area contributed by atoms with E-state index in [1.54, 1.807) is 22.7 Å². The van der Waals surface area contributed by atoms with Crippen molar-refractivity contribution in [1.29, 1.82) is 0 Å². The van der Waals surface area contributed by atoms with Gasteiger partial charge in [-0.3, -0.25) is 14.4 Å². The summed E-state index contributed by atoms with van der Waals surface area (Å²) in [6.45, 7) is 1.99. The Bertz CT molecular complexity index is 450. The first-order valence-electron chi connectivity index (χ1n) is 5.08. The smallest absolute Gasteiger partial charge is 0.225 e. The average molecular weight is 215 g/mol. The van der Waals surface area contributed by atoms with Crippen LogP contribution in [0.3, 0.4) is 0 Å². The maximum Gasteiger partial charge on any atom is 0.225 e. The molecule has 1 heterocycles. The van der Waals surface area contributed by atoms with Crippen LogP contribution in [0.2, 0.25) is 0 Å². The highest BCUT2D eigenvalue weighted by molar-refractivity contribution is 5.90. The highest BCUT2D eigenvalue weighted by Crippen LogP contribution is 2.14. The lowest BCUT2D eigenvalue weighted by Gasteiger charge is -2.20. The first-order valence-corrected chi connectivity index (χ1v) is 5.08. The van der Waals surface area contributed by atoms with Gasteiger partial charge in [-0.15, -0.1) is 0 Å². The van der Waals surface area contributed by atoms with E-state index >= 15 is 0 Å². The molecule has 1 aromatic carbocycles. The Morgan fingerprint density at radius 2 is 2.06 bits per heavy atom. The Hall–Kier alpha value is -2.10. The van der Waals surface area contributed by atoms with Crippen LogP contribution in [0.5, 0.6) is 0 Å². The van der Waals surface area contributed by atoms with Gasteiger partial charge in [0.2, 0.25) is 5.91 Å². The predicted octanol–water partition coefficient (Wildman–Crippen LogP) is 1.89. The van der Waals surface area contributed by atoms with Crippen LogP contribution in [-0.2, 0) is 11.5 Å². The van der Waals surface area contributed by atoms with E-state index in [9.17, 15) is 4.79 Å². The predicted molar refractivity (Wildman–Crippen MR) is 61.8 cm³/mol. The first kappa shape index (κ1) is 10.4. The number of carbonyl (C=O) groups excluding carboxylic acids is 1. The summed E-state index contributed by atoms with van der Waals surface area (Å²) in [6.07, 6.45) is 3.53. The van der Waals surface area contributed by atoms with Gasteiger partial charge in [-0.2, -0.15) is 5.10 Å². The zero-order chi connectivity index (χ0) is 11.4. The van der Waals surface area contributed by atoms with E-state index in [1.807, 2.05) is 42.6 Å². The number of hydrogen-bond acceptors (Lipinski definition) is 2. The molecule has 0 aliphatic heterocycles. The molecule has 2 rings (SSSR count). The van der Waals surface area contributed by atoms with Crippen molar-refractivity contribution >= 4 is 11.6 Å². The summed E-state index contributed by atoms with van der Waals surface area (Å²) in [5.41, 5.74) is 0.880. The molecule has 4 nitrogen and oxygen atoms in total. The second-order valence-corrected chi connectivity index (χ2v) is 3.47. The zero-order valence-electron chi connectivity index (χ0n) is 9.08. The van der Waals surface area contributed by atoms with Crippen molar-refractivity contribution in [2.75, 3.05) is 4.90 Å².